The van der Waals surface area contributed by atoms with Crippen molar-refractivity contribution in [3.63, 3.8) is 0 Å². The summed E-state index contributed by atoms with van der Waals surface area (Å²) >= 11 is 0. The van der Waals surface area contributed by atoms with E-state index in [9.17, 15) is 4.79 Å². The quantitative estimate of drug-likeness (QED) is 0.478. The Morgan fingerprint density at radius 1 is 1.20 bits per heavy atom. The predicted octanol–water partition coefficient (Wildman–Crippen LogP) is 1.90. The standard InChI is InChI=1S/C7H15O2P/c8-7(9)5-3-1-2-4-6-10/h1-6,10H2,(H,8,9). The van der Waals surface area contributed by atoms with E-state index in [-0.39, 0.29) is 0 Å². The summed E-state index contributed by atoms with van der Waals surface area (Å²) in [6.07, 6.45) is 5.71. The zero-order chi connectivity index (χ0) is 7.82. The van der Waals surface area contributed by atoms with Crippen LogP contribution < -0.4 is 0 Å². The second kappa shape index (κ2) is 7.01. The van der Waals surface area contributed by atoms with Crippen LogP contribution in [0.15, 0.2) is 0 Å². The summed E-state index contributed by atoms with van der Waals surface area (Å²) in [4.78, 5) is 10.0. The van der Waals surface area contributed by atoms with Crippen LogP contribution in [0.25, 0.3) is 0 Å². The first-order valence-electron chi connectivity index (χ1n) is 3.69. The summed E-state index contributed by atoms with van der Waals surface area (Å²) in [6.45, 7) is 0. The van der Waals surface area contributed by atoms with Gasteiger partial charge in [-0.25, -0.2) is 0 Å². The molecule has 0 amide bonds. The van der Waals surface area contributed by atoms with Crippen LogP contribution in [0.4, 0.5) is 0 Å². The zero-order valence-corrected chi connectivity index (χ0v) is 7.33. The fourth-order valence-corrected chi connectivity index (χ4v) is 1.06. The normalized spacial score (nSPS) is 9.70. The van der Waals surface area contributed by atoms with E-state index in [2.05, 4.69) is 9.24 Å². The average Bonchev–Trinajstić information content (AvgIpc) is 1.87. The van der Waals surface area contributed by atoms with Crippen molar-refractivity contribution in [2.75, 3.05) is 6.16 Å². The molecule has 1 atom stereocenters. The number of hydrogen-bond donors (Lipinski definition) is 1. The molecule has 0 fully saturated rings. The molecule has 0 saturated carbocycles. The molecule has 0 heterocycles. The second-order valence-corrected chi connectivity index (χ2v) is 2.92. The largest absolute Gasteiger partial charge is 0.481 e. The lowest BCUT2D eigenvalue weighted by Crippen LogP contribution is -1.93. The second-order valence-electron chi connectivity index (χ2n) is 2.35. The van der Waals surface area contributed by atoms with Gasteiger partial charge in [-0.05, 0) is 19.0 Å². The summed E-state index contributed by atoms with van der Waals surface area (Å²) in [6, 6.07) is 0. The van der Waals surface area contributed by atoms with Crippen molar-refractivity contribution >= 4 is 15.2 Å². The lowest BCUT2D eigenvalue weighted by Gasteiger charge is -1.95. The first kappa shape index (κ1) is 9.90. The van der Waals surface area contributed by atoms with E-state index in [1.165, 1.54) is 6.42 Å². The molecule has 0 aromatic carbocycles. The molecule has 0 aliphatic heterocycles. The van der Waals surface area contributed by atoms with Crippen LogP contribution in [0.2, 0.25) is 0 Å². The van der Waals surface area contributed by atoms with Crippen molar-refractivity contribution in [2.45, 2.75) is 32.1 Å². The molecule has 1 unspecified atom stereocenters. The molecule has 0 bridgehead atoms. The summed E-state index contributed by atoms with van der Waals surface area (Å²) in [5, 5.41) is 8.27. The fraction of sp³-hybridized carbons (Fsp3) is 0.857. The van der Waals surface area contributed by atoms with Gasteiger partial charge in [-0.15, -0.1) is 9.24 Å². The van der Waals surface area contributed by atoms with Crippen LogP contribution >= 0.6 is 9.24 Å². The number of carbonyl (C=O) groups is 1. The van der Waals surface area contributed by atoms with Crippen LogP contribution in [0, 0.1) is 0 Å². The molecule has 10 heavy (non-hydrogen) atoms. The van der Waals surface area contributed by atoms with E-state index >= 15 is 0 Å². The summed E-state index contributed by atoms with van der Waals surface area (Å²) in [7, 11) is 2.67. The molecule has 2 nitrogen and oxygen atoms in total. The molecule has 0 rings (SSSR count). The zero-order valence-electron chi connectivity index (χ0n) is 6.18. The Bertz CT molecular complexity index is 93.6. The molecular formula is C7H15O2P. The summed E-state index contributed by atoms with van der Waals surface area (Å²) < 4.78 is 0. The third-order valence-corrected chi connectivity index (χ3v) is 1.75. The van der Waals surface area contributed by atoms with Crippen LogP contribution in [0.5, 0.6) is 0 Å². The van der Waals surface area contributed by atoms with Gasteiger partial charge in [0.05, 0.1) is 0 Å². The molecule has 0 radical (unpaired) electrons. The van der Waals surface area contributed by atoms with Crippen molar-refractivity contribution in [3.8, 4) is 0 Å². The van der Waals surface area contributed by atoms with Gasteiger partial charge in [0, 0.05) is 6.42 Å². The smallest absolute Gasteiger partial charge is 0.303 e. The third kappa shape index (κ3) is 7.90. The van der Waals surface area contributed by atoms with Gasteiger partial charge in [0.15, 0.2) is 0 Å². The molecule has 1 N–H and O–H groups in total. The predicted molar refractivity (Wildman–Crippen MR) is 45.3 cm³/mol. The summed E-state index contributed by atoms with van der Waals surface area (Å²) in [5.74, 6) is -0.675. The Balaban J connectivity index is 2.84. The maximum atomic E-state index is 10.0. The van der Waals surface area contributed by atoms with Crippen molar-refractivity contribution < 1.29 is 9.90 Å². The highest BCUT2D eigenvalue weighted by Gasteiger charge is 1.94. The highest BCUT2D eigenvalue weighted by Crippen LogP contribution is 2.03. The van der Waals surface area contributed by atoms with E-state index in [1.54, 1.807) is 0 Å². The number of rotatable bonds is 6. The lowest BCUT2D eigenvalue weighted by atomic mass is 10.2. The van der Waals surface area contributed by atoms with Gasteiger partial charge in [-0.2, -0.15) is 0 Å². The van der Waals surface area contributed by atoms with Crippen LogP contribution in [-0.4, -0.2) is 17.2 Å². The molecule has 0 aliphatic rings. The minimum Gasteiger partial charge on any atom is -0.481 e. The van der Waals surface area contributed by atoms with Crippen LogP contribution in [-0.2, 0) is 4.79 Å². The van der Waals surface area contributed by atoms with Gasteiger partial charge in [0.25, 0.3) is 0 Å². The molecular weight excluding hydrogens is 147 g/mol. The first-order valence-corrected chi connectivity index (χ1v) is 4.51. The molecule has 60 valence electrons. The van der Waals surface area contributed by atoms with Crippen molar-refractivity contribution in [1.29, 1.82) is 0 Å². The minimum absolute atomic E-state index is 0.330. The van der Waals surface area contributed by atoms with Gasteiger partial charge in [-0.3, -0.25) is 4.79 Å². The van der Waals surface area contributed by atoms with Gasteiger partial charge in [0.2, 0.25) is 0 Å². The molecule has 3 heteroatoms. The van der Waals surface area contributed by atoms with E-state index in [0.29, 0.717) is 6.42 Å². The average molecular weight is 162 g/mol. The Hall–Kier alpha value is -0.100. The van der Waals surface area contributed by atoms with Gasteiger partial charge >= 0.3 is 5.97 Å². The summed E-state index contributed by atoms with van der Waals surface area (Å²) in [5.41, 5.74) is 0. The number of aliphatic carboxylic acids is 1. The SMILES string of the molecule is O=C(O)CCCCCCP. The lowest BCUT2D eigenvalue weighted by molar-refractivity contribution is -0.137. The van der Waals surface area contributed by atoms with Gasteiger partial charge in [0.1, 0.15) is 0 Å². The number of hydrogen-bond acceptors (Lipinski definition) is 1. The van der Waals surface area contributed by atoms with E-state index < -0.39 is 5.97 Å². The highest BCUT2D eigenvalue weighted by atomic mass is 31.0. The van der Waals surface area contributed by atoms with Gasteiger partial charge in [-0.1, -0.05) is 12.8 Å². The Morgan fingerprint density at radius 3 is 2.30 bits per heavy atom. The van der Waals surface area contributed by atoms with Crippen molar-refractivity contribution in [1.82, 2.24) is 0 Å². The number of carboxylic acids is 1. The van der Waals surface area contributed by atoms with Gasteiger partial charge < -0.3 is 5.11 Å². The van der Waals surface area contributed by atoms with E-state index in [1.807, 2.05) is 0 Å². The Labute approximate surface area is 64.2 Å². The Morgan fingerprint density at radius 2 is 1.80 bits per heavy atom. The minimum atomic E-state index is -0.675. The number of carboxylic acid groups (broad SMARTS) is 1. The van der Waals surface area contributed by atoms with Crippen molar-refractivity contribution in [3.05, 3.63) is 0 Å². The molecule has 0 aromatic heterocycles. The first-order chi connectivity index (χ1) is 4.77. The van der Waals surface area contributed by atoms with E-state index in [0.717, 1.165) is 25.4 Å². The molecule has 0 saturated heterocycles. The fourth-order valence-electron chi connectivity index (χ4n) is 0.774. The number of unbranched alkanes of at least 4 members (excludes halogenated alkanes) is 3. The maximum Gasteiger partial charge on any atom is 0.303 e. The van der Waals surface area contributed by atoms with Crippen LogP contribution in [0.1, 0.15) is 32.1 Å². The van der Waals surface area contributed by atoms with Crippen LogP contribution in [0.3, 0.4) is 0 Å². The molecule has 0 aliphatic carbocycles. The monoisotopic (exact) mass is 162 g/mol. The topological polar surface area (TPSA) is 37.3 Å². The van der Waals surface area contributed by atoms with Crippen molar-refractivity contribution in [2.24, 2.45) is 0 Å². The molecule has 0 aromatic rings. The Kier molecular flexibility index (Phi) is 6.94. The highest BCUT2D eigenvalue weighted by molar-refractivity contribution is 7.16. The maximum absolute atomic E-state index is 10.0. The third-order valence-electron chi connectivity index (χ3n) is 1.34. The van der Waals surface area contributed by atoms with E-state index in [4.69, 9.17) is 5.11 Å². The molecule has 0 spiro atoms.